The van der Waals surface area contributed by atoms with Crippen LogP contribution in [-0.4, -0.2) is 18.0 Å². The van der Waals surface area contributed by atoms with Gasteiger partial charge in [-0.3, -0.25) is 4.79 Å². The molecule has 1 atom stereocenters. The van der Waals surface area contributed by atoms with E-state index in [1.807, 2.05) is 37.3 Å². The molecule has 1 fully saturated rings. The summed E-state index contributed by atoms with van der Waals surface area (Å²) in [5.41, 5.74) is 0.854. The number of anilines is 1. The van der Waals surface area contributed by atoms with Gasteiger partial charge < -0.3 is 10.6 Å². The maximum absolute atomic E-state index is 11.7. The molecule has 1 saturated carbocycles. The zero-order chi connectivity index (χ0) is 10.7. The monoisotopic (exact) mass is 204 g/mol. The summed E-state index contributed by atoms with van der Waals surface area (Å²) >= 11 is 0. The first kappa shape index (κ1) is 10.2. The minimum Gasteiger partial charge on any atom is -0.325 e. The van der Waals surface area contributed by atoms with Crippen LogP contribution in [0.1, 0.15) is 19.8 Å². The molecule has 3 heteroatoms. The second kappa shape index (κ2) is 4.45. The van der Waals surface area contributed by atoms with E-state index in [-0.39, 0.29) is 11.9 Å². The summed E-state index contributed by atoms with van der Waals surface area (Å²) in [6, 6.07) is 9.98. The topological polar surface area (TPSA) is 41.1 Å². The summed E-state index contributed by atoms with van der Waals surface area (Å²) in [7, 11) is 0. The third-order valence-electron chi connectivity index (χ3n) is 2.50. The van der Waals surface area contributed by atoms with E-state index in [1.165, 1.54) is 12.8 Å². The van der Waals surface area contributed by atoms with Crippen LogP contribution in [0.4, 0.5) is 5.69 Å². The highest BCUT2D eigenvalue weighted by molar-refractivity contribution is 5.94. The Morgan fingerprint density at radius 2 is 2.00 bits per heavy atom. The summed E-state index contributed by atoms with van der Waals surface area (Å²) in [6.07, 6.45) is 2.39. The molecule has 80 valence electrons. The maximum Gasteiger partial charge on any atom is 0.241 e. The van der Waals surface area contributed by atoms with Crippen molar-refractivity contribution in [3.8, 4) is 0 Å². The van der Waals surface area contributed by atoms with Gasteiger partial charge in [0.05, 0.1) is 6.04 Å². The van der Waals surface area contributed by atoms with Crippen LogP contribution >= 0.6 is 0 Å². The van der Waals surface area contributed by atoms with E-state index in [0.29, 0.717) is 6.04 Å². The molecule has 2 N–H and O–H groups in total. The van der Waals surface area contributed by atoms with Gasteiger partial charge in [0.1, 0.15) is 0 Å². The highest BCUT2D eigenvalue weighted by Gasteiger charge is 2.25. The van der Waals surface area contributed by atoms with Gasteiger partial charge in [-0.25, -0.2) is 0 Å². The number of para-hydroxylation sites is 1. The van der Waals surface area contributed by atoms with Crippen LogP contribution < -0.4 is 10.6 Å². The number of rotatable bonds is 4. The molecule has 0 heterocycles. The van der Waals surface area contributed by atoms with E-state index in [0.717, 1.165) is 5.69 Å². The number of hydrogen-bond acceptors (Lipinski definition) is 2. The zero-order valence-electron chi connectivity index (χ0n) is 8.86. The SMILES string of the molecule is C[C@H](NC1CC1)C(=O)Nc1ccccc1. The summed E-state index contributed by atoms with van der Waals surface area (Å²) in [5, 5.41) is 6.14. The van der Waals surface area contributed by atoms with E-state index < -0.39 is 0 Å². The lowest BCUT2D eigenvalue weighted by Gasteiger charge is -2.13. The fourth-order valence-corrected chi connectivity index (χ4v) is 1.45. The molecule has 1 aromatic rings. The summed E-state index contributed by atoms with van der Waals surface area (Å²) in [6.45, 7) is 1.90. The van der Waals surface area contributed by atoms with Gasteiger partial charge in [-0.1, -0.05) is 18.2 Å². The Labute approximate surface area is 89.9 Å². The lowest BCUT2D eigenvalue weighted by molar-refractivity contribution is -0.117. The summed E-state index contributed by atoms with van der Waals surface area (Å²) in [4.78, 5) is 11.7. The first-order chi connectivity index (χ1) is 7.25. The van der Waals surface area contributed by atoms with Gasteiger partial charge in [-0.05, 0) is 31.9 Å². The maximum atomic E-state index is 11.7. The van der Waals surface area contributed by atoms with Crippen molar-refractivity contribution in [3.63, 3.8) is 0 Å². The molecule has 1 amide bonds. The highest BCUT2D eigenvalue weighted by atomic mass is 16.2. The van der Waals surface area contributed by atoms with E-state index in [9.17, 15) is 4.79 Å². The molecule has 0 aliphatic heterocycles. The molecule has 0 radical (unpaired) electrons. The first-order valence-corrected chi connectivity index (χ1v) is 5.37. The molecular weight excluding hydrogens is 188 g/mol. The van der Waals surface area contributed by atoms with Crippen LogP contribution in [0.3, 0.4) is 0 Å². The fraction of sp³-hybridized carbons (Fsp3) is 0.417. The van der Waals surface area contributed by atoms with Gasteiger partial charge in [-0.2, -0.15) is 0 Å². The average molecular weight is 204 g/mol. The number of benzene rings is 1. The van der Waals surface area contributed by atoms with Crippen molar-refractivity contribution >= 4 is 11.6 Å². The Morgan fingerprint density at radius 1 is 1.33 bits per heavy atom. The molecule has 2 rings (SSSR count). The molecule has 1 aromatic carbocycles. The van der Waals surface area contributed by atoms with Crippen LogP contribution in [0, 0.1) is 0 Å². The van der Waals surface area contributed by atoms with Crippen LogP contribution in [0.5, 0.6) is 0 Å². The van der Waals surface area contributed by atoms with E-state index >= 15 is 0 Å². The van der Waals surface area contributed by atoms with Crippen molar-refractivity contribution in [2.24, 2.45) is 0 Å². The normalized spacial score (nSPS) is 17.1. The van der Waals surface area contributed by atoms with Crippen molar-refractivity contribution in [3.05, 3.63) is 30.3 Å². The standard InChI is InChI=1S/C12H16N2O/c1-9(13-11-7-8-11)12(15)14-10-5-3-2-4-6-10/h2-6,9,11,13H,7-8H2,1H3,(H,14,15)/t9-/m0/s1. The lowest BCUT2D eigenvalue weighted by Crippen LogP contribution is -2.39. The molecule has 1 aliphatic rings. The third kappa shape index (κ3) is 3.06. The number of carbonyl (C=O) groups is 1. The van der Waals surface area contributed by atoms with Crippen LogP contribution in [0.15, 0.2) is 30.3 Å². The molecule has 0 aromatic heterocycles. The van der Waals surface area contributed by atoms with Gasteiger partial charge >= 0.3 is 0 Å². The molecule has 0 bridgehead atoms. The summed E-state index contributed by atoms with van der Waals surface area (Å²) in [5.74, 6) is 0.0353. The minimum absolute atomic E-state index is 0.0353. The Bertz CT molecular complexity index is 333. The predicted octanol–water partition coefficient (Wildman–Crippen LogP) is 1.77. The Hall–Kier alpha value is -1.35. The predicted molar refractivity (Wildman–Crippen MR) is 60.7 cm³/mol. The molecule has 1 aliphatic carbocycles. The molecule has 0 unspecified atom stereocenters. The second-order valence-corrected chi connectivity index (χ2v) is 4.02. The van der Waals surface area contributed by atoms with Gasteiger partial charge in [0, 0.05) is 11.7 Å². The third-order valence-corrected chi connectivity index (χ3v) is 2.50. The average Bonchev–Trinajstić information content (AvgIpc) is 3.03. The molecule has 0 spiro atoms. The van der Waals surface area contributed by atoms with Crippen LogP contribution in [-0.2, 0) is 4.79 Å². The lowest BCUT2D eigenvalue weighted by atomic mass is 10.2. The largest absolute Gasteiger partial charge is 0.325 e. The van der Waals surface area contributed by atoms with Gasteiger partial charge in [0.15, 0.2) is 0 Å². The fourth-order valence-electron chi connectivity index (χ4n) is 1.45. The Balaban J connectivity index is 1.85. The minimum atomic E-state index is -0.113. The Kier molecular flexibility index (Phi) is 3.02. The van der Waals surface area contributed by atoms with Crippen molar-refractivity contribution in [1.29, 1.82) is 0 Å². The molecule has 3 nitrogen and oxygen atoms in total. The number of amides is 1. The molecule has 0 saturated heterocycles. The first-order valence-electron chi connectivity index (χ1n) is 5.37. The molecular formula is C12H16N2O. The van der Waals surface area contributed by atoms with E-state index in [4.69, 9.17) is 0 Å². The van der Waals surface area contributed by atoms with Crippen molar-refractivity contribution in [2.75, 3.05) is 5.32 Å². The summed E-state index contributed by atoms with van der Waals surface area (Å²) < 4.78 is 0. The van der Waals surface area contributed by atoms with E-state index in [2.05, 4.69) is 10.6 Å². The van der Waals surface area contributed by atoms with Crippen molar-refractivity contribution < 1.29 is 4.79 Å². The zero-order valence-corrected chi connectivity index (χ0v) is 8.86. The number of hydrogen-bond donors (Lipinski definition) is 2. The van der Waals surface area contributed by atoms with E-state index in [1.54, 1.807) is 0 Å². The van der Waals surface area contributed by atoms with Crippen LogP contribution in [0.2, 0.25) is 0 Å². The van der Waals surface area contributed by atoms with Crippen LogP contribution in [0.25, 0.3) is 0 Å². The van der Waals surface area contributed by atoms with Crippen molar-refractivity contribution in [1.82, 2.24) is 5.32 Å². The van der Waals surface area contributed by atoms with Crippen molar-refractivity contribution in [2.45, 2.75) is 31.8 Å². The number of carbonyl (C=O) groups excluding carboxylic acids is 1. The van der Waals surface area contributed by atoms with Gasteiger partial charge in [-0.15, -0.1) is 0 Å². The van der Waals surface area contributed by atoms with Gasteiger partial charge in [0.2, 0.25) is 5.91 Å². The smallest absolute Gasteiger partial charge is 0.241 e. The quantitative estimate of drug-likeness (QED) is 0.784. The number of nitrogens with one attached hydrogen (secondary N) is 2. The molecule has 15 heavy (non-hydrogen) atoms. The van der Waals surface area contributed by atoms with Gasteiger partial charge in [0.25, 0.3) is 0 Å². The highest BCUT2D eigenvalue weighted by Crippen LogP contribution is 2.19. The Morgan fingerprint density at radius 3 is 2.60 bits per heavy atom. The second-order valence-electron chi connectivity index (χ2n) is 4.02.